The quantitative estimate of drug-likeness (QED) is 0.427. The SMILES string of the molecule is CC1(C)C=Cc2c(n(-c3ccccc3)c3nc(-c4ccccc4)ncc23)C=C1. The van der Waals surface area contributed by atoms with E-state index in [2.05, 4.69) is 72.0 Å². The summed E-state index contributed by atoms with van der Waals surface area (Å²) in [5.74, 6) is 0.742. The van der Waals surface area contributed by atoms with E-state index in [1.165, 1.54) is 5.56 Å². The summed E-state index contributed by atoms with van der Waals surface area (Å²) >= 11 is 0. The van der Waals surface area contributed by atoms with Gasteiger partial charge in [0.15, 0.2) is 5.82 Å². The molecule has 0 amide bonds. The van der Waals surface area contributed by atoms with Gasteiger partial charge >= 0.3 is 0 Å². The summed E-state index contributed by atoms with van der Waals surface area (Å²) in [7, 11) is 0. The normalized spacial score (nSPS) is 14.8. The van der Waals surface area contributed by atoms with Crippen LogP contribution in [0.3, 0.4) is 0 Å². The largest absolute Gasteiger partial charge is 0.294 e. The number of benzene rings is 2. The van der Waals surface area contributed by atoms with Crippen LogP contribution in [0.2, 0.25) is 0 Å². The van der Waals surface area contributed by atoms with Crippen molar-refractivity contribution in [3.8, 4) is 17.1 Å². The summed E-state index contributed by atoms with van der Waals surface area (Å²) < 4.78 is 2.24. The molecule has 2 aromatic heterocycles. The lowest BCUT2D eigenvalue weighted by Crippen LogP contribution is -2.02. The van der Waals surface area contributed by atoms with Crippen molar-refractivity contribution in [2.24, 2.45) is 5.41 Å². The maximum absolute atomic E-state index is 4.98. The Hall–Kier alpha value is -3.46. The Morgan fingerprint density at radius 2 is 1.50 bits per heavy atom. The number of rotatable bonds is 2. The van der Waals surface area contributed by atoms with Gasteiger partial charge in [0, 0.05) is 33.8 Å². The topological polar surface area (TPSA) is 30.7 Å². The van der Waals surface area contributed by atoms with Crippen LogP contribution >= 0.6 is 0 Å². The fourth-order valence-electron chi connectivity index (χ4n) is 3.66. The summed E-state index contributed by atoms with van der Waals surface area (Å²) in [5, 5.41) is 1.07. The highest BCUT2D eigenvalue weighted by atomic mass is 15.1. The van der Waals surface area contributed by atoms with Crippen LogP contribution in [-0.2, 0) is 0 Å². The first-order valence-electron chi connectivity index (χ1n) is 9.53. The molecule has 3 heteroatoms. The molecule has 0 N–H and O–H groups in total. The Balaban J connectivity index is 1.83. The van der Waals surface area contributed by atoms with Crippen molar-refractivity contribution in [3.63, 3.8) is 0 Å². The molecule has 136 valence electrons. The van der Waals surface area contributed by atoms with Gasteiger partial charge in [0.2, 0.25) is 0 Å². The molecule has 0 fully saturated rings. The minimum absolute atomic E-state index is 0.0116. The van der Waals surface area contributed by atoms with Crippen LogP contribution in [0, 0.1) is 5.41 Å². The van der Waals surface area contributed by atoms with Crippen LogP contribution in [0.4, 0.5) is 0 Å². The third-order valence-electron chi connectivity index (χ3n) is 5.18. The zero-order valence-corrected chi connectivity index (χ0v) is 16.0. The number of hydrogen-bond acceptors (Lipinski definition) is 2. The van der Waals surface area contributed by atoms with Crippen LogP contribution in [0.1, 0.15) is 25.1 Å². The molecular weight excluding hydrogens is 342 g/mol. The van der Waals surface area contributed by atoms with E-state index < -0.39 is 0 Å². The molecular formula is C25H21N3. The van der Waals surface area contributed by atoms with Gasteiger partial charge in [-0.15, -0.1) is 0 Å². The maximum Gasteiger partial charge on any atom is 0.161 e. The Bertz CT molecular complexity index is 1210. The third-order valence-corrected chi connectivity index (χ3v) is 5.18. The molecule has 5 rings (SSSR count). The summed E-state index contributed by atoms with van der Waals surface area (Å²) in [4.78, 5) is 9.65. The predicted molar refractivity (Wildman–Crippen MR) is 116 cm³/mol. The molecule has 0 radical (unpaired) electrons. The van der Waals surface area contributed by atoms with E-state index in [4.69, 9.17) is 4.98 Å². The molecule has 0 atom stereocenters. The lowest BCUT2D eigenvalue weighted by atomic mass is 9.93. The van der Waals surface area contributed by atoms with Gasteiger partial charge in [-0.2, -0.15) is 0 Å². The fourth-order valence-corrected chi connectivity index (χ4v) is 3.66. The number of aromatic nitrogens is 3. The standard InChI is InChI=1S/C25H21N3/c1-25(2)15-13-20-21-17-26-23(18-9-5-3-6-10-18)27-24(21)28(22(20)14-16-25)19-11-7-4-8-12-19/h3-17H,1-2H3. The van der Waals surface area contributed by atoms with Gasteiger partial charge in [-0.3, -0.25) is 4.57 Å². The summed E-state index contributed by atoms with van der Waals surface area (Å²) in [6.45, 7) is 4.43. The minimum atomic E-state index is 0.0116. The molecule has 1 aliphatic carbocycles. The molecule has 0 unspecified atom stereocenters. The lowest BCUT2D eigenvalue weighted by molar-refractivity contribution is 0.633. The second kappa shape index (κ2) is 6.31. The van der Waals surface area contributed by atoms with Crippen molar-refractivity contribution in [2.45, 2.75) is 13.8 Å². The molecule has 0 spiro atoms. The van der Waals surface area contributed by atoms with Crippen LogP contribution in [0.5, 0.6) is 0 Å². The number of fused-ring (bicyclic) bond motifs is 3. The molecule has 2 aromatic carbocycles. The van der Waals surface area contributed by atoms with E-state index in [9.17, 15) is 0 Å². The van der Waals surface area contributed by atoms with E-state index in [-0.39, 0.29) is 5.41 Å². The number of nitrogens with zero attached hydrogens (tertiary/aromatic N) is 3. The Morgan fingerprint density at radius 1 is 0.821 bits per heavy atom. The predicted octanol–water partition coefficient (Wildman–Crippen LogP) is 6.15. The summed E-state index contributed by atoms with van der Waals surface area (Å²) in [5.41, 5.74) is 5.37. The molecule has 2 heterocycles. The average molecular weight is 363 g/mol. The first kappa shape index (κ1) is 16.7. The van der Waals surface area contributed by atoms with Gasteiger partial charge in [0.05, 0.1) is 5.69 Å². The zero-order chi connectivity index (χ0) is 19.1. The van der Waals surface area contributed by atoms with E-state index in [0.29, 0.717) is 0 Å². The highest BCUT2D eigenvalue weighted by molar-refractivity contribution is 5.94. The molecule has 0 saturated carbocycles. The molecule has 0 saturated heterocycles. The van der Waals surface area contributed by atoms with E-state index in [1.54, 1.807) is 0 Å². The van der Waals surface area contributed by atoms with E-state index in [0.717, 1.165) is 33.8 Å². The molecule has 1 aliphatic rings. The Morgan fingerprint density at radius 3 is 2.25 bits per heavy atom. The number of hydrogen-bond donors (Lipinski definition) is 0. The van der Waals surface area contributed by atoms with Crippen molar-refractivity contribution < 1.29 is 0 Å². The third kappa shape index (κ3) is 2.76. The monoisotopic (exact) mass is 363 g/mol. The number of para-hydroxylation sites is 1. The van der Waals surface area contributed by atoms with Gasteiger partial charge in [0.1, 0.15) is 5.65 Å². The highest BCUT2D eigenvalue weighted by Crippen LogP contribution is 2.35. The second-order valence-electron chi connectivity index (χ2n) is 7.75. The molecule has 0 aliphatic heterocycles. The van der Waals surface area contributed by atoms with E-state index in [1.807, 2.05) is 42.6 Å². The highest BCUT2D eigenvalue weighted by Gasteiger charge is 2.21. The Kier molecular flexibility index (Phi) is 3.76. The summed E-state index contributed by atoms with van der Waals surface area (Å²) in [6, 6.07) is 20.5. The second-order valence-corrected chi connectivity index (χ2v) is 7.75. The first-order chi connectivity index (χ1) is 13.6. The molecule has 0 bridgehead atoms. The lowest BCUT2D eigenvalue weighted by Gasteiger charge is -2.13. The molecule has 3 nitrogen and oxygen atoms in total. The van der Waals surface area contributed by atoms with Crippen molar-refractivity contribution >= 4 is 23.2 Å². The van der Waals surface area contributed by atoms with Crippen LogP contribution in [0.15, 0.2) is 79.0 Å². The van der Waals surface area contributed by atoms with Gasteiger partial charge in [-0.1, -0.05) is 80.6 Å². The van der Waals surface area contributed by atoms with Crippen LogP contribution in [0.25, 0.3) is 40.3 Å². The van der Waals surface area contributed by atoms with Crippen molar-refractivity contribution in [1.82, 2.24) is 14.5 Å². The van der Waals surface area contributed by atoms with Crippen LogP contribution in [-0.4, -0.2) is 14.5 Å². The van der Waals surface area contributed by atoms with Crippen molar-refractivity contribution in [3.05, 3.63) is 90.3 Å². The maximum atomic E-state index is 4.98. The molecule has 4 aromatic rings. The van der Waals surface area contributed by atoms with Gasteiger partial charge in [0.25, 0.3) is 0 Å². The zero-order valence-electron chi connectivity index (χ0n) is 16.0. The van der Waals surface area contributed by atoms with Crippen molar-refractivity contribution in [2.75, 3.05) is 0 Å². The fraction of sp³-hybridized carbons (Fsp3) is 0.120. The first-order valence-corrected chi connectivity index (χ1v) is 9.53. The van der Waals surface area contributed by atoms with Crippen LogP contribution < -0.4 is 0 Å². The van der Waals surface area contributed by atoms with Gasteiger partial charge in [-0.05, 0) is 18.2 Å². The van der Waals surface area contributed by atoms with Gasteiger partial charge < -0.3 is 0 Å². The average Bonchev–Trinajstić information content (AvgIpc) is 2.95. The molecule has 28 heavy (non-hydrogen) atoms. The summed E-state index contributed by atoms with van der Waals surface area (Å²) in [6.07, 6.45) is 10.9. The van der Waals surface area contributed by atoms with Crippen molar-refractivity contribution in [1.29, 1.82) is 0 Å². The smallest absolute Gasteiger partial charge is 0.161 e. The number of allylic oxidation sites excluding steroid dienone is 2. The minimum Gasteiger partial charge on any atom is -0.294 e. The van der Waals surface area contributed by atoms with E-state index >= 15 is 0 Å². The Labute approximate surface area is 164 Å². The van der Waals surface area contributed by atoms with Gasteiger partial charge in [-0.25, -0.2) is 9.97 Å².